The predicted molar refractivity (Wildman–Crippen MR) is 94.7 cm³/mol. The number of hydrogen-bond acceptors (Lipinski definition) is 2. The zero-order valence-electron chi connectivity index (χ0n) is 13.7. The Morgan fingerprint density at radius 2 is 1.40 bits per heavy atom. The van der Waals surface area contributed by atoms with Crippen LogP contribution in [0.5, 0.6) is 0 Å². The Hall–Kier alpha value is -0.426. The third-order valence-electron chi connectivity index (χ3n) is 3.44. The zero-order chi connectivity index (χ0) is 15.9. The van der Waals surface area contributed by atoms with Gasteiger partial charge in [-0.3, -0.25) is 0 Å². The van der Waals surface area contributed by atoms with E-state index in [1.54, 1.807) is 6.08 Å². The van der Waals surface area contributed by atoms with E-state index in [-0.39, 0.29) is 0 Å². The van der Waals surface area contributed by atoms with Gasteiger partial charge in [-0.15, -0.1) is 19.7 Å². The van der Waals surface area contributed by atoms with E-state index in [1.807, 2.05) is 11.4 Å². The van der Waals surface area contributed by atoms with Gasteiger partial charge < -0.3 is 9.22 Å². The molecule has 20 heavy (non-hydrogen) atoms. The van der Waals surface area contributed by atoms with Gasteiger partial charge in [0.2, 0.25) is 8.32 Å². The first kappa shape index (κ1) is 19.6. The van der Waals surface area contributed by atoms with Crippen LogP contribution < -0.4 is 0 Å². The molecule has 0 bridgehead atoms. The van der Waals surface area contributed by atoms with Crippen LogP contribution in [0.1, 0.15) is 32.1 Å². The highest BCUT2D eigenvalue weighted by Crippen LogP contribution is 2.28. The smallest absolute Gasteiger partial charge is 0.226 e. The van der Waals surface area contributed by atoms with Crippen molar-refractivity contribution in [1.82, 2.24) is 0 Å². The summed E-state index contributed by atoms with van der Waals surface area (Å²) >= 11 is 0. The Labute approximate surface area is 127 Å². The third kappa shape index (κ3) is 7.99. The van der Waals surface area contributed by atoms with E-state index in [0.29, 0.717) is 0 Å². The van der Waals surface area contributed by atoms with Gasteiger partial charge in [-0.25, -0.2) is 0 Å². The van der Waals surface area contributed by atoms with Gasteiger partial charge in [-0.1, -0.05) is 36.7 Å². The Bertz CT molecular complexity index is 318. The second kappa shape index (κ2) is 8.12. The molecular formula is C16H32O2Si2. The molecule has 0 unspecified atom stereocenters. The summed E-state index contributed by atoms with van der Waals surface area (Å²) in [5.74, 6) is 0. The fourth-order valence-electron chi connectivity index (χ4n) is 2.19. The lowest BCUT2D eigenvalue weighted by molar-refractivity contribution is 0.0517. The van der Waals surface area contributed by atoms with Crippen molar-refractivity contribution < 1.29 is 9.22 Å². The lowest BCUT2D eigenvalue weighted by Crippen LogP contribution is -2.41. The summed E-state index contributed by atoms with van der Waals surface area (Å²) in [6.07, 6.45) is 7.10. The van der Waals surface area contributed by atoms with Crippen LogP contribution >= 0.6 is 0 Å². The van der Waals surface area contributed by atoms with Crippen LogP contribution in [-0.2, 0) is 4.12 Å². The van der Waals surface area contributed by atoms with E-state index in [4.69, 9.17) is 4.12 Å². The molecule has 0 aliphatic heterocycles. The molecule has 1 saturated carbocycles. The van der Waals surface area contributed by atoms with Gasteiger partial charge >= 0.3 is 0 Å². The van der Waals surface area contributed by atoms with Crippen LogP contribution in [0, 0.1) is 0 Å². The number of rotatable bonds is 5. The molecule has 0 atom stereocenters. The van der Waals surface area contributed by atoms with Crippen LogP contribution in [0.2, 0.25) is 26.2 Å². The third-order valence-corrected chi connectivity index (χ3v) is 9.27. The topological polar surface area (TPSA) is 29.5 Å². The Morgan fingerprint density at radius 3 is 1.60 bits per heavy atom. The summed E-state index contributed by atoms with van der Waals surface area (Å²) in [5.41, 5.74) is 3.34. The van der Waals surface area contributed by atoms with Crippen molar-refractivity contribution >= 4 is 16.6 Å². The Kier molecular flexibility index (Phi) is 7.95. The minimum atomic E-state index is -1.74. The van der Waals surface area contributed by atoms with Crippen LogP contribution in [0.15, 0.2) is 37.2 Å². The van der Waals surface area contributed by atoms with E-state index in [1.165, 1.54) is 6.42 Å². The van der Waals surface area contributed by atoms with Crippen molar-refractivity contribution in [3.8, 4) is 0 Å². The predicted octanol–water partition coefficient (Wildman–Crippen LogP) is 4.73. The standard InChI is InChI=1S/C8H18OSi2.C8H14O/c1-7-11(6,8-2)9-10(3,4)5;1-2-8(9)6-4-3-5-7-8/h7-8H,1-2H2,3-6H3;2,9H,1,3-7H2. The maximum atomic E-state index is 9.56. The summed E-state index contributed by atoms with van der Waals surface area (Å²) in [7, 11) is -3.16. The normalized spacial score (nSPS) is 18.4. The molecule has 0 amide bonds. The first-order valence-corrected chi connectivity index (χ1v) is 13.4. The lowest BCUT2D eigenvalue weighted by atomic mass is 9.85. The van der Waals surface area contributed by atoms with Crippen molar-refractivity contribution in [3.63, 3.8) is 0 Å². The second-order valence-corrected chi connectivity index (χ2v) is 14.9. The maximum Gasteiger partial charge on any atom is 0.226 e. The Balaban J connectivity index is 0.000000367. The molecule has 116 valence electrons. The van der Waals surface area contributed by atoms with E-state index in [9.17, 15) is 5.11 Å². The Morgan fingerprint density at radius 1 is 0.950 bits per heavy atom. The molecule has 0 saturated heterocycles. The molecule has 1 aliphatic rings. The quantitative estimate of drug-likeness (QED) is 0.587. The van der Waals surface area contributed by atoms with Crippen LogP contribution in [0.4, 0.5) is 0 Å². The molecule has 4 heteroatoms. The average molecular weight is 313 g/mol. The van der Waals surface area contributed by atoms with Gasteiger partial charge in [0.1, 0.15) is 0 Å². The number of aliphatic hydroxyl groups is 1. The molecule has 0 spiro atoms. The van der Waals surface area contributed by atoms with Gasteiger partial charge in [0.05, 0.1) is 5.60 Å². The monoisotopic (exact) mass is 312 g/mol. The average Bonchev–Trinajstić information content (AvgIpc) is 2.38. The van der Waals surface area contributed by atoms with Crippen LogP contribution in [0.25, 0.3) is 0 Å². The van der Waals surface area contributed by atoms with Crippen LogP contribution in [-0.4, -0.2) is 27.3 Å². The van der Waals surface area contributed by atoms with E-state index >= 15 is 0 Å². The molecule has 2 nitrogen and oxygen atoms in total. The fourth-order valence-corrected chi connectivity index (χ4v) is 8.31. The highest BCUT2D eigenvalue weighted by Gasteiger charge is 2.28. The van der Waals surface area contributed by atoms with E-state index in [0.717, 1.165) is 25.7 Å². The molecule has 0 aromatic heterocycles. The number of hydrogen-bond donors (Lipinski definition) is 1. The summed E-state index contributed by atoms with van der Waals surface area (Å²) in [4.78, 5) is 0. The minimum Gasteiger partial charge on any atom is -0.450 e. The molecule has 0 aromatic rings. The molecule has 1 N–H and O–H groups in total. The van der Waals surface area contributed by atoms with Crippen molar-refractivity contribution in [2.45, 2.75) is 63.9 Å². The van der Waals surface area contributed by atoms with Gasteiger partial charge in [-0.2, -0.15) is 0 Å². The second-order valence-electron chi connectivity index (χ2n) is 6.67. The van der Waals surface area contributed by atoms with Crippen molar-refractivity contribution in [3.05, 3.63) is 37.2 Å². The van der Waals surface area contributed by atoms with Crippen molar-refractivity contribution in [1.29, 1.82) is 0 Å². The first-order valence-electron chi connectivity index (χ1n) is 7.43. The van der Waals surface area contributed by atoms with Crippen molar-refractivity contribution in [2.24, 2.45) is 0 Å². The van der Waals surface area contributed by atoms with Gasteiger partial charge in [0, 0.05) is 0 Å². The first-order chi connectivity index (χ1) is 9.10. The molecule has 1 aliphatic carbocycles. The molecule has 1 fully saturated rings. The summed E-state index contributed by atoms with van der Waals surface area (Å²) in [6.45, 7) is 19.8. The lowest BCUT2D eigenvalue weighted by Gasteiger charge is -2.29. The maximum absolute atomic E-state index is 9.56. The zero-order valence-corrected chi connectivity index (χ0v) is 15.7. The largest absolute Gasteiger partial charge is 0.450 e. The highest BCUT2D eigenvalue weighted by molar-refractivity contribution is 6.90. The van der Waals surface area contributed by atoms with E-state index < -0.39 is 22.2 Å². The minimum absolute atomic E-state index is 0.516. The van der Waals surface area contributed by atoms with E-state index in [2.05, 4.69) is 45.9 Å². The summed E-state index contributed by atoms with van der Waals surface area (Å²) in [5, 5.41) is 9.56. The van der Waals surface area contributed by atoms with Gasteiger partial charge in [0.25, 0.3) is 0 Å². The summed E-state index contributed by atoms with van der Waals surface area (Å²) < 4.78 is 5.97. The van der Waals surface area contributed by atoms with Gasteiger partial charge in [0.15, 0.2) is 8.32 Å². The molecule has 0 radical (unpaired) electrons. The summed E-state index contributed by atoms with van der Waals surface area (Å²) in [6, 6.07) is 0. The molecular weight excluding hydrogens is 280 g/mol. The van der Waals surface area contributed by atoms with Gasteiger partial charge in [-0.05, 0) is 39.0 Å². The fraction of sp³-hybridized carbons (Fsp3) is 0.625. The highest BCUT2D eigenvalue weighted by atomic mass is 28.4. The van der Waals surface area contributed by atoms with Crippen molar-refractivity contribution in [2.75, 3.05) is 0 Å². The SMILES string of the molecule is C=CC1(O)CCCCC1.C=C[Si](C)(C=C)O[Si](C)(C)C. The molecule has 0 aromatic carbocycles. The van der Waals surface area contributed by atoms with Crippen LogP contribution in [0.3, 0.4) is 0 Å². The molecule has 1 rings (SSSR count). The molecule has 0 heterocycles.